The molecule has 0 N–H and O–H groups in total. The van der Waals surface area contributed by atoms with Crippen LogP contribution in [-0.2, 0) is 0 Å². The minimum Gasteiger partial charge on any atom is -0.248 e. The number of hydrogen-bond donors (Lipinski definition) is 0. The number of hydrogen-bond acceptors (Lipinski definition) is 2. The zero-order valence-electron chi connectivity index (χ0n) is 13.7. The molecule has 0 unspecified atom stereocenters. The lowest BCUT2D eigenvalue weighted by Gasteiger charge is -2.15. The fourth-order valence-electron chi connectivity index (χ4n) is 2.77. The molecule has 4 rings (SSSR count). The highest BCUT2D eigenvalue weighted by atomic mass is 19.1. The molecule has 2 nitrogen and oxygen atoms in total. The number of halogens is 2. The molecular weight excluding hydrogens is 330 g/mol. The SMILES string of the molecule is Fc1ccc(N=C2C=CC(=Nc3ccc(F)cc3)c3ccccc32)cc1. The Bertz CT molecular complexity index is 946. The van der Waals surface area contributed by atoms with Crippen LogP contribution in [0.2, 0.25) is 0 Å². The maximum Gasteiger partial charge on any atom is 0.123 e. The second-order valence-corrected chi connectivity index (χ2v) is 5.83. The number of nitrogens with zero attached hydrogens (tertiary/aromatic N) is 2. The van der Waals surface area contributed by atoms with Crippen molar-refractivity contribution >= 4 is 22.8 Å². The number of aliphatic imine (C=N–C) groups is 2. The van der Waals surface area contributed by atoms with Crippen LogP contribution in [0.4, 0.5) is 20.2 Å². The summed E-state index contributed by atoms with van der Waals surface area (Å²) in [5, 5.41) is 0. The molecule has 3 aromatic carbocycles. The Balaban J connectivity index is 1.76. The zero-order valence-corrected chi connectivity index (χ0v) is 13.7. The standard InChI is InChI=1S/C22H14F2N2/c23-15-5-9-17(10-6-15)25-21-13-14-22(20-4-2-1-3-19(20)21)26-18-11-7-16(24)8-12-18/h1-14H. The first-order chi connectivity index (χ1) is 12.7. The lowest BCUT2D eigenvalue weighted by Crippen LogP contribution is -2.12. The van der Waals surface area contributed by atoms with Gasteiger partial charge >= 0.3 is 0 Å². The maximum absolute atomic E-state index is 13.1. The summed E-state index contributed by atoms with van der Waals surface area (Å²) in [6, 6.07) is 19.9. The van der Waals surface area contributed by atoms with Gasteiger partial charge in [-0.15, -0.1) is 0 Å². The van der Waals surface area contributed by atoms with Crippen molar-refractivity contribution in [3.63, 3.8) is 0 Å². The van der Waals surface area contributed by atoms with Crippen molar-refractivity contribution in [1.29, 1.82) is 0 Å². The summed E-state index contributed by atoms with van der Waals surface area (Å²) < 4.78 is 26.2. The van der Waals surface area contributed by atoms with E-state index < -0.39 is 0 Å². The third-order valence-corrected chi connectivity index (χ3v) is 4.03. The van der Waals surface area contributed by atoms with Crippen molar-refractivity contribution in [2.45, 2.75) is 0 Å². The summed E-state index contributed by atoms with van der Waals surface area (Å²) in [6.45, 7) is 0. The van der Waals surface area contributed by atoms with E-state index in [1.807, 2.05) is 36.4 Å². The Labute approximate surface area is 149 Å². The average Bonchev–Trinajstić information content (AvgIpc) is 2.67. The third-order valence-electron chi connectivity index (χ3n) is 4.03. The minimum absolute atomic E-state index is 0.290. The molecule has 0 heterocycles. The first-order valence-corrected chi connectivity index (χ1v) is 8.15. The number of allylic oxidation sites excluding steroid dienone is 2. The fraction of sp³-hybridized carbons (Fsp3) is 0. The van der Waals surface area contributed by atoms with Crippen LogP contribution in [0.1, 0.15) is 11.1 Å². The molecule has 26 heavy (non-hydrogen) atoms. The smallest absolute Gasteiger partial charge is 0.123 e. The second kappa shape index (κ2) is 6.84. The van der Waals surface area contributed by atoms with Gasteiger partial charge in [0.05, 0.1) is 22.8 Å². The maximum atomic E-state index is 13.1. The summed E-state index contributed by atoms with van der Waals surface area (Å²) in [5.41, 5.74) is 4.82. The predicted molar refractivity (Wildman–Crippen MR) is 101 cm³/mol. The highest BCUT2D eigenvalue weighted by Gasteiger charge is 2.15. The summed E-state index contributed by atoms with van der Waals surface area (Å²) in [5.74, 6) is -0.579. The average molecular weight is 344 g/mol. The van der Waals surface area contributed by atoms with Gasteiger partial charge in [-0.05, 0) is 60.7 Å². The lowest BCUT2D eigenvalue weighted by atomic mass is 9.93. The first-order valence-electron chi connectivity index (χ1n) is 8.15. The summed E-state index contributed by atoms with van der Waals surface area (Å²) in [4.78, 5) is 9.22. The molecule has 0 bridgehead atoms. The normalized spacial score (nSPS) is 16.1. The van der Waals surface area contributed by atoms with Crippen LogP contribution in [0.3, 0.4) is 0 Å². The Morgan fingerprint density at radius 1 is 0.500 bits per heavy atom. The van der Waals surface area contributed by atoms with Crippen molar-refractivity contribution < 1.29 is 8.78 Å². The Kier molecular flexibility index (Phi) is 4.23. The van der Waals surface area contributed by atoms with Gasteiger partial charge in [-0.2, -0.15) is 0 Å². The van der Waals surface area contributed by atoms with E-state index in [1.165, 1.54) is 24.3 Å². The van der Waals surface area contributed by atoms with Gasteiger partial charge < -0.3 is 0 Å². The number of rotatable bonds is 2. The molecule has 0 fully saturated rings. The molecule has 0 amide bonds. The van der Waals surface area contributed by atoms with Gasteiger partial charge in [0.1, 0.15) is 11.6 Å². The van der Waals surface area contributed by atoms with Crippen LogP contribution < -0.4 is 0 Å². The molecule has 126 valence electrons. The van der Waals surface area contributed by atoms with Crippen LogP contribution >= 0.6 is 0 Å². The van der Waals surface area contributed by atoms with Crippen LogP contribution in [-0.4, -0.2) is 11.4 Å². The van der Waals surface area contributed by atoms with Crippen LogP contribution in [0.15, 0.2) is 94.9 Å². The molecule has 0 saturated heterocycles. The highest BCUT2D eigenvalue weighted by Crippen LogP contribution is 2.24. The first kappa shape index (κ1) is 16.1. The van der Waals surface area contributed by atoms with Gasteiger partial charge in [-0.25, -0.2) is 18.8 Å². The Hall–Kier alpha value is -3.40. The molecule has 0 aliphatic heterocycles. The largest absolute Gasteiger partial charge is 0.248 e. The number of benzene rings is 3. The summed E-state index contributed by atoms with van der Waals surface area (Å²) in [7, 11) is 0. The van der Waals surface area contributed by atoms with Crippen LogP contribution in [0, 0.1) is 11.6 Å². The molecule has 1 aliphatic carbocycles. The van der Waals surface area contributed by atoms with E-state index in [0.717, 1.165) is 22.6 Å². The minimum atomic E-state index is -0.290. The van der Waals surface area contributed by atoms with E-state index >= 15 is 0 Å². The van der Waals surface area contributed by atoms with Crippen LogP contribution in [0.5, 0.6) is 0 Å². The summed E-state index contributed by atoms with van der Waals surface area (Å²) in [6.07, 6.45) is 3.77. The second-order valence-electron chi connectivity index (χ2n) is 5.83. The van der Waals surface area contributed by atoms with Crippen LogP contribution in [0.25, 0.3) is 0 Å². The zero-order chi connectivity index (χ0) is 17.9. The van der Waals surface area contributed by atoms with Gasteiger partial charge in [0.25, 0.3) is 0 Å². The van der Waals surface area contributed by atoms with Gasteiger partial charge in [-0.3, -0.25) is 0 Å². The van der Waals surface area contributed by atoms with Gasteiger partial charge in [-0.1, -0.05) is 24.3 Å². The highest BCUT2D eigenvalue weighted by molar-refractivity contribution is 6.26. The fourth-order valence-corrected chi connectivity index (χ4v) is 2.77. The monoisotopic (exact) mass is 344 g/mol. The Morgan fingerprint density at radius 2 is 0.885 bits per heavy atom. The van der Waals surface area contributed by atoms with Gasteiger partial charge in [0.2, 0.25) is 0 Å². The van der Waals surface area contributed by atoms with Crippen molar-refractivity contribution in [2.24, 2.45) is 9.98 Å². The molecular formula is C22H14F2N2. The van der Waals surface area contributed by atoms with Gasteiger partial charge in [0.15, 0.2) is 0 Å². The van der Waals surface area contributed by atoms with Crippen molar-refractivity contribution in [2.75, 3.05) is 0 Å². The van der Waals surface area contributed by atoms with E-state index in [-0.39, 0.29) is 11.6 Å². The molecule has 1 aliphatic rings. The molecule has 0 atom stereocenters. The molecule has 0 aromatic heterocycles. The van der Waals surface area contributed by atoms with Crippen molar-refractivity contribution in [3.8, 4) is 0 Å². The van der Waals surface area contributed by atoms with E-state index in [4.69, 9.17) is 0 Å². The van der Waals surface area contributed by atoms with E-state index in [1.54, 1.807) is 24.3 Å². The van der Waals surface area contributed by atoms with Crippen molar-refractivity contribution in [3.05, 3.63) is 108 Å². The Morgan fingerprint density at radius 3 is 1.27 bits per heavy atom. The topological polar surface area (TPSA) is 24.7 Å². The quantitative estimate of drug-likeness (QED) is 0.563. The lowest BCUT2D eigenvalue weighted by molar-refractivity contribution is 0.627. The molecule has 0 radical (unpaired) electrons. The van der Waals surface area contributed by atoms with E-state index in [2.05, 4.69) is 9.98 Å². The predicted octanol–water partition coefficient (Wildman–Crippen LogP) is 5.78. The third kappa shape index (κ3) is 3.35. The molecule has 4 heteroatoms. The molecule has 0 spiro atoms. The van der Waals surface area contributed by atoms with E-state index in [0.29, 0.717) is 11.4 Å². The summed E-state index contributed by atoms with van der Waals surface area (Å²) >= 11 is 0. The number of fused-ring (bicyclic) bond motifs is 1. The molecule has 0 saturated carbocycles. The molecule has 3 aromatic rings. The van der Waals surface area contributed by atoms with Gasteiger partial charge in [0, 0.05) is 11.1 Å². The van der Waals surface area contributed by atoms with Crippen molar-refractivity contribution in [1.82, 2.24) is 0 Å². The van der Waals surface area contributed by atoms with E-state index in [9.17, 15) is 8.78 Å².